The first-order valence-corrected chi connectivity index (χ1v) is 19.5. The van der Waals surface area contributed by atoms with Gasteiger partial charge in [0.15, 0.2) is 17.5 Å². The summed E-state index contributed by atoms with van der Waals surface area (Å²) in [6.07, 6.45) is 2.82. The molecule has 3 N–H and O–H groups in total. The molecule has 1 fully saturated rings. The summed E-state index contributed by atoms with van der Waals surface area (Å²) in [5.74, 6) is -3.21. The van der Waals surface area contributed by atoms with Crippen molar-refractivity contribution in [3.8, 4) is 11.3 Å². The maximum Gasteiger partial charge on any atom is 0.291 e. The molecular weight excluding hydrogens is 758 g/mol. The number of hydrogen-bond donors (Lipinski definition) is 3. The van der Waals surface area contributed by atoms with Crippen LogP contribution in [0.4, 0.5) is 14.5 Å². The Bertz CT molecular complexity index is 1960. The van der Waals surface area contributed by atoms with E-state index in [0.717, 1.165) is 25.9 Å². The number of likely N-dealkylation sites (N-methyl/N-ethyl adjacent to an activating group) is 2. The van der Waals surface area contributed by atoms with Gasteiger partial charge < -0.3 is 44.4 Å². The number of allylic oxidation sites excluding steroid dienone is 2. The number of hydrogen-bond acceptors (Lipinski definition) is 8. The maximum absolute atomic E-state index is 15.7. The Morgan fingerprint density at radius 2 is 1.65 bits per heavy atom. The largest absolute Gasteiger partial charge is 0.383 e. The van der Waals surface area contributed by atoms with Gasteiger partial charge in [-0.3, -0.25) is 14.4 Å². The molecular formula is C41H56ClF2N8O5+. The summed E-state index contributed by atoms with van der Waals surface area (Å²) in [6, 6.07) is 7.37. The highest BCUT2D eigenvalue weighted by atomic mass is 35.5. The number of nitrogens with one attached hydrogen (secondary N) is 3. The zero-order valence-corrected chi connectivity index (χ0v) is 35.0. The summed E-state index contributed by atoms with van der Waals surface area (Å²) in [7, 11) is 8.64. The molecule has 3 amide bonds. The van der Waals surface area contributed by atoms with E-state index in [-0.39, 0.29) is 62.2 Å². The van der Waals surface area contributed by atoms with Gasteiger partial charge >= 0.3 is 0 Å². The van der Waals surface area contributed by atoms with Gasteiger partial charge in [0.2, 0.25) is 5.91 Å². The number of aromatic nitrogens is 2. The number of anilines is 1. The topological polar surface area (TPSA) is 138 Å². The lowest BCUT2D eigenvalue weighted by atomic mass is 9.96. The molecule has 2 atom stereocenters. The molecule has 0 bridgehead atoms. The van der Waals surface area contributed by atoms with Crippen molar-refractivity contribution in [2.75, 3.05) is 92.7 Å². The monoisotopic (exact) mass is 813 g/mol. The highest BCUT2D eigenvalue weighted by Gasteiger charge is 2.30. The zero-order chi connectivity index (χ0) is 42.0. The SMILES string of the molecule is CCC(CC[NH+](C)CCOC)C(=O)N1CCN(C(=O)c2ccc(NC(=O)c3ncc(-c4ccc(/C(C(C)=N)=C(\C)N(C)CCOC)c(F)c4F)n3C)cc2Cl)CC1. The second kappa shape index (κ2) is 20.6. The predicted octanol–water partition coefficient (Wildman–Crippen LogP) is 4.48. The first-order chi connectivity index (χ1) is 27.1. The standard InChI is InChI=1S/C41H55ClF2N8O5/c1-9-28(14-15-48(4)20-22-56-7)40(54)51-16-18-52(19-17-51)41(55)30-11-10-29(24-33(30)42)47-39(53)38-46-25-34(50(38)6)31-12-13-32(37(44)36(31)43)35(26(2)45)27(3)49(5)21-23-57-8/h10-13,24-25,28,45H,9,14-23H2,1-8H3,(H,47,53)/p+1/b35-27+,45-26?. The Labute approximate surface area is 339 Å². The van der Waals surface area contributed by atoms with Crippen LogP contribution >= 0.6 is 11.6 Å². The minimum absolute atomic E-state index is 0.0587. The molecule has 2 aromatic carbocycles. The van der Waals surface area contributed by atoms with Crippen molar-refractivity contribution < 1.29 is 37.5 Å². The van der Waals surface area contributed by atoms with Crippen molar-refractivity contribution in [3.05, 3.63) is 75.8 Å². The first-order valence-electron chi connectivity index (χ1n) is 19.1. The first kappa shape index (κ1) is 45.0. The summed E-state index contributed by atoms with van der Waals surface area (Å²) in [5.41, 5.74) is 1.47. The maximum atomic E-state index is 15.7. The number of nitrogens with zero attached hydrogens (tertiary/aromatic N) is 5. The van der Waals surface area contributed by atoms with Crippen LogP contribution in [0, 0.1) is 23.0 Å². The average Bonchev–Trinajstić information content (AvgIpc) is 3.58. The van der Waals surface area contributed by atoms with E-state index in [4.69, 9.17) is 26.5 Å². The Kier molecular flexibility index (Phi) is 16.3. The van der Waals surface area contributed by atoms with Gasteiger partial charge in [-0.15, -0.1) is 0 Å². The fourth-order valence-corrected chi connectivity index (χ4v) is 7.16. The molecule has 2 unspecified atom stereocenters. The summed E-state index contributed by atoms with van der Waals surface area (Å²) in [4.78, 5) is 51.0. The number of methoxy groups -OCH3 is 2. The molecule has 57 heavy (non-hydrogen) atoms. The highest BCUT2D eigenvalue weighted by molar-refractivity contribution is 6.34. The number of amides is 3. The minimum Gasteiger partial charge on any atom is -0.383 e. The van der Waals surface area contributed by atoms with E-state index < -0.39 is 17.5 Å². The fourth-order valence-electron chi connectivity index (χ4n) is 6.90. The molecule has 1 saturated heterocycles. The predicted molar refractivity (Wildman–Crippen MR) is 218 cm³/mol. The number of imidazole rings is 1. The molecule has 2 heterocycles. The van der Waals surface area contributed by atoms with Gasteiger partial charge in [-0.2, -0.15) is 0 Å². The molecule has 1 aliphatic rings. The van der Waals surface area contributed by atoms with Crippen LogP contribution in [0.5, 0.6) is 0 Å². The Balaban J connectivity index is 1.41. The molecule has 3 aromatic rings. The van der Waals surface area contributed by atoms with Gasteiger partial charge in [0.1, 0.15) is 6.54 Å². The lowest BCUT2D eigenvalue weighted by Crippen LogP contribution is -3.09. The third kappa shape index (κ3) is 10.8. The van der Waals surface area contributed by atoms with E-state index >= 15 is 8.78 Å². The normalized spacial score (nSPS) is 14.6. The molecule has 0 radical (unpaired) electrons. The second-order valence-corrected chi connectivity index (χ2v) is 14.8. The lowest BCUT2D eigenvalue weighted by molar-refractivity contribution is -0.880. The number of rotatable bonds is 18. The molecule has 0 saturated carbocycles. The van der Waals surface area contributed by atoms with E-state index in [0.29, 0.717) is 57.3 Å². The summed E-state index contributed by atoms with van der Waals surface area (Å²) >= 11 is 6.57. The Morgan fingerprint density at radius 3 is 2.26 bits per heavy atom. The van der Waals surface area contributed by atoms with Crippen LogP contribution in [0.25, 0.3) is 16.8 Å². The molecule has 0 aliphatic carbocycles. The minimum atomic E-state index is -1.14. The van der Waals surface area contributed by atoms with Crippen LogP contribution in [-0.4, -0.2) is 135 Å². The third-order valence-electron chi connectivity index (χ3n) is 10.6. The van der Waals surface area contributed by atoms with Crippen molar-refractivity contribution >= 4 is 46.3 Å². The average molecular weight is 814 g/mol. The number of piperazine rings is 1. The zero-order valence-electron chi connectivity index (χ0n) is 34.2. The molecule has 1 aliphatic heterocycles. The second-order valence-electron chi connectivity index (χ2n) is 14.4. The number of quaternary nitrogens is 1. The van der Waals surface area contributed by atoms with Crippen molar-refractivity contribution in [2.24, 2.45) is 13.0 Å². The van der Waals surface area contributed by atoms with Crippen molar-refractivity contribution in [1.82, 2.24) is 24.3 Å². The van der Waals surface area contributed by atoms with Crippen LogP contribution in [0.15, 0.2) is 42.2 Å². The van der Waals surface area contributed by atoms with Gasteiger partial charge in [0, 0.05) is 107 Å². The summed E-state index contributed by atoms with van der Waals surface area (Å²) in [5, 5.41) is 11.2. The van der Waals surface area contributed by atoms with Gasteiger partial charge in [-0.25, -0.2) is 13.8 Å². The molecule has 310 valence electrons. The van der Waals surface area contributed by atoms with Gasteiger partial charge in [-0.1, -0.05) is 24.6 Å². The molecule has 13 nitrogen and oxygen atoms in total. The number of halogens is 3. The molecule has 4 rings (SSSR count). The van der Waals surface area contributed by atoms with Crippen LogP contribution in [0.1, 0.15) is 60.2 Å². The number of ether oxygens (including phenoxy) is 2. The lowest BCUT2D eigenvalue weighted by Gasteiger charge is -2.36. The quantitative estimate of drug-likeness (QED) is 0.161. The Morgan fingerprint density at radius 1 is 1.00 bits per heavy atom. The number of benzene rings is 2. The van der Waals surface area contributed by atoms with Crippen molar-refractivity contribution in [3.63, 3.8) is 0 Å². The van der Waals surface area contributed by atoms with Gasteiger partial charge in [-0.05, 0) is 44.5 Å². The van der Waals surface area contributed by atoms with E-state index in [1.807, 2.05) is 16.7 Å². The van der Waals surface area contributed by atoms with Crippen LogP contribution in [0.3, 0.4) is 0 Å². The molecule has 16 heteroatoms. The number of carbonyl (C=O) groups is 3. The van der Waals surface area contributed by atoms with E-state index in [1.165, 1.54) is 53.9 Å². The molecule has 0 spiro atoms. The summed E-state index contributed by atoms with van der Waals surface area (Å²) in [6.45, 7) is 10.2. The smallest absolute Gasteiger partial charge is 0.291 e. The third-order valence-corrected chi connectivity index (χ3v) is 10.9. The van der Waals surface area contributed by atoms with Crippen LogP contribution in [0.2, 0.25) is 5.02 Å². The Hall–Kier alpha value is -4.70. The van der Waals surface area contributed by atoms with Gasteiger partial charge in [0.25, 0.3) is 11.8 Å². The molecule has 1 aromatic heterocycles. The van der Waals surface area contributed by atoms with Crippen LogP contribution in [-0.2, 0) is 21.3 Å². The number of carbonyl (C=O) groups excluding carboxylic acids is 3. The van der Waals surface area contributed by atoms with Crippen LogP contribution < -0.4 is 10.2 Å². The van der Waals surface area contributed by atoms with Crippen molar-refractivity contribution in [2.45, 2.75) is 33.6 Å². The highest BCUT2D eigenvalue weighted by Crippen LogP contribution is 2.32. The summed E-state index contributed by atoms with van der Waals surface area (Å²) < 4.78 is 43.1. The van der Waals surface area contributed by atoms with E-state index in [1.54, 1.807) is 39.2 Å². The van der Waals surface area contributed by atoms with E-state index in [9.17, 15) is 14.4 Å². The van der Waals surface area contributed by atoms with Gasteiger partial charge in [0.05, 0.1) is 49.3 Å². The van der Waals surface area contributed by atoms with Crippen molar-refractivity contribution in [1.29, 1.82) is 5.41 Å². The van der Waals surface area contributed by atoms with E-state index in [2.05, 4.69) is 17.3 Å². The fraction of sp³-hybridized carbons (Fsp3) is 0.488.